The fourth-order valence-corrected chi connectivity index (χ4v) is 7.68. The smallest absolute Gasteiger partial charge is 0.343 e. The summed E-state index contributed by atoms with van der Waals surface area (Å²) in [6.45, 7) is 7.09. The van der Waals surface area contributed by atoms with Crippen LogP contribution in [-0.2, 0) is 19.0 Å². The lowest BCUT2D eigenvalue weighted by Crippen LogP contribution is -2.65. The molecule has 35 heavy (non-hydrogen) atoms. The zero-order chi connectivity index (χ0) is 24.5. The molecule has 6 nitrogen and oxygen atoms in total. The van der Waals surface area contributed by atoms with Gasteiger partial charge in [0.25, 0.3) is 0 Å². The third kappa shape index (κ3) is 3.40. The number of rotatable bonds is 3. The Morgan fingerprint density at radius 3 is 2.86 bits per heavy atom. The van der Waals surface area contributed by atoms with Crippen LogP contribution in [0.1, 0.15) is 52.9 Å². The lowest BCUT2D eigenvalue weighted by Gasteiger charge is -2.56. The van der Waals surface area contributed by atoms with E-state index in [1.807, 2.05) is 0 Å². The zero-order valence-corrected chi connectivity index (χ0v) is 21.2. The largest absolute Gasteiger partial charge is 0.492 e. The summed E-state index contributed by atoms with van der Waals surface area (Å²) in [6, 6.07) is 0.119. The van der Waals surface area contributed by atoms with E-state index in [2.05, 4.69) is 49.1 Å². The fourth-order valence-electron chi connectivity index (χ4n) is 7.68. The van der Waals surface area contributed by atoms with Crippen LogP contribution in [0.4, 0.5) is 0 Å². The number of aliphatic hydroxyl groups is 1. The normalized spacial score (nSPS) is 43.3. The van der Waals surface area contributed by atoms with Crippen LogP contribution in [0, 0.1) is 29.6 Å². The molecule has 0 aromatic carbocycles. The molecule has 7 rings (SSSR count). The molecular formula is C29H37NO5. The summed E-state index contributed by atoms with van der Waals surface area (Å²) in [7, 11) is 1.57. The van der Waals surface area contributed by atoms with Gasteiger partial charge in [-0.05, 0) is 51.0 Å². The minimum absolute atomic E-state index is 0.00888. The van der Waals surface area contributed by atoms with Crippen molar-refractivity contribution in [3.8, 4) is 0 Å². The maximum absolute atomic E-state index is 12.3. The molecule has 5 heterocycles. The third-order valence-electron chi connectivity index (χ3n) is 9.32. The second kappa shape index (κ2) is 8.38. The van der Waals surface area contributed by atoms with Crippen LogP contribution in [0.5, 0.6) is 0 Å². The first-order valence-corrected chi connectivity index (χ1v) is 13.3. The minimum Gasteiger partial charge on any atom is -0.492 e. The first kappa shape index (κ1) is 23.1. The minimum atomic E-state index is -0.377. The molecule has 2 bridgehead atoms. The molecule has 0 radical (unpaired) electrons. The Bertz CT molecular complexity index is 1080. The molecule has 5 aliphatic heterocycles. The molecule has 2 aliphatic carbocycles. The lowest BCUT2D eigenvalue weighted by atomic mass is 9.67. The number of aliphatic hydroxyl groups excluding tert-OH is 1. The highest BCUT2D eigenvalue weighted by atomic mass is 16.6. The van der Waals surface area contributed by atoms with Crippen molar-refractivity contribution in [2.45, 2.75) is 70.6 Å². The predicted molar refractivity (Wildman–Crippen MR) is 131 cm³/mol. The number of piperidine rings is 1. The number of nitrogens with zero attached hydrogens (tertiary/aromatic N) is 1. The fraction of sp³-hybridized carbons (Fsp3) is 0.621. The van der Waals surface area contributed by atoms with Crippen molar-refractivity contribution in [1.29, 1.82) is 0 Å². The molecule has 0 aromatic heterocycles. The van der Waals surface area contributed by atoms with Crippen molar-refractivity contribution in [2.75, 3.05) is 13.7 Å². The molecule has 8 atom stereocenters. The van der Waals surface area contributed by atoms with E-state index < -0.39 is 0 Å². The Kier molecular flexibility index (Phi) is 5.53. The topological polar surface area (TPSA) is 68.2 Å². The average Bonchev–Trinajstić information content (AvgIpc) is 3.21. The van der Waals surface area contributed by atoms with E-state index in [0.717, 1.165) is 44.4 Å². The quantitative estimate of drug-likeness (QED) is 0.471. The summed E-state index contributed by atoms with van der Waals surface area (Å²) in [4.78, 5) is 14.9. The number of hydrogen-bond donors (Lipinski definition) is 1. The Morgan fingerprint density at radius 2 is 2.09 bits per heavy atom. The number of esters is 1. The highest BCUT2D eigenvalue weighted by Crippen LogP contribution is 2.57. The van der Waals surface area contributed by atoms with Gasteiger partial charge in [0.05, 0.1) is 24.3 Å². The molecule has 1 spiro atoms. The number of ether oxygens (including phenoxy) is 3. The number of cyclic esters (lactones) is 1. The SMILES string of the molecule is COC1=C(C)C(=O)OC1=C1OC2=CC3C=CC4(CCCC(C(O)C5C=CCC(C)C5)N4C3)C2C1C. The van der Waals surface area contributed by atoms with Gasteiger partial charge in [0.2, 0.25) is 5.76 Å². The average molecular weight is 480 g/mol. The lowest BCUT2D eigenvalue weighted by molar-refractivity contribution is -0.133. The third-order valence-corrected chi connectivity index (χ3v) is 9.32. The van der Waals surface area contributed by atoms with E-state index in [-0.39, 0.29) is 47.3 Å². The van der Waals surface area contributed by atoms with Crippen LogP contribution < -0.4 is 0 Å². The van der Waals surface area contributed by atoms with Gasteiger partial charge >= 0.3 is 5.97 Å². The Hall–Kier alpha value is -2.31. The summed E-state index contributed by atoms with van der Waals surface area (Å²) in [5, 5.41) is 11.7. The maximum atomic E-state index is 12.3. The first-order valence-electron chi connectivity index (χ1n) is 13.3. The molecule has 2 saturated heterocycles. The van der Waals surface area contributed by atoms with Gasteiger partial charge in [0.1, 0.15) is 5.76 Å². The number of methoxy groups -OCH3 is 1. The van der Waals surface area contributed by atoms with Crippen molar-refractivity contribution < 1.29 is 24.1 Å². The van der Waals surface area contributed by atoms with Gasteiger partial charge in [-0.2, -0.15) is 0 Å². The molecule has 188 valence electrons. The van der Waals surface area contributed by atoms with Gasteiger partial charge in [-0.25, -0.2) is 4.79 Å². The van der Waals surface area contributed by atoms with Crippen molar-refractivity contribution in [3.05, 3.63) is 59.0 Å². The summed E-state index contributed by atoms with van der Waals surface area (Å²) >= 11 is 0. The van der Waals surface area contributed by atoms with Crippen LogP contribution in [0.2, 0.25) is 0 Å². The maximum Gasteiger partial charge on any atom is 0.343 e. The highest BCUT2D eigenvalue weighted by molar-refractivity contribution is 5.93. The van der Waals surface area contributed by atoms with Crippen molar-refractivity contribution in [3.63, 3.8) is 0 Å². The van der Waals surface area contributed by atoms with Gasteiger partial charge in [-0.3, -0.25) is 4.90 Å². The molecule has 0 saturated carbocycles. The van der Waals surface area contributed by atoms with E-state index in [0.29, 0.717) is 28.8 Å². The second-order valence-electron chi connectivity index (χ2n) is 11.5. The Balaban J connectivity index is 1.38. The van der Waals surface area contributed by atoms with Crippen LogP contribution in [-0.4, -0.2) is 47.3 Å². The predicted octanol–water partition coefficient (Wildman–Crippen LogP) is 4.60. The van der Waals surface area contributed by atoms with Gasteiger partial charge in [0, 0.05) is 36.3 Å². The molecular weight excluding hydrogens is 442 g/mol. The van der Waals surface area contributed by atoms with Crippen LogP contribution in [0.15, 0.2) is 59.0 Å². The van der Waals surface area contributed by atoms with Crippen molar-refractivity contribution in [2.24, 2.45) is 29.6 Å². The Labute approximate surface area is 208 Å². The van der Waals surface area contributed by atoms with Gasteiger partial charge < -0.3 is 19.3 Å². The van der Waals surface area contributed by atoms with E-state index in [1.165, 1.54) is 0 Å². The van der Waals surface area contributed by atoms with E-state index in [9.17, 15) is 9.90 Å². The number of allylic oxidation sites excluding steroid dienone is 2. The van der Waals surface area contributed by atoms with Gasteiger partial charge in [-0.1, -0.05) is 38.2 Å². The summed E-state index contributed by atoms with van der Waals surface area (Å²) < 4.78 is 17.7. The molecule has 2 fully saturated rings. The summed E-state index contributed by atoms with van der Waals surface area (Å²) in [5.41, 5.74) is 0.256. The second-order valence-corrected chi connectivity index (χ2v) is 11.5. The van der Waals surface area contributed by atoms with Gasteiger partial charge in [-0.15, -0.1) is 0 Å². The monoisotopic (exact) mass is 479 g/mol. The summed E-state index contributed by atoms with van der Waals surface area (Å²) in [5.74, 6) is 3.34. The molecule has 0 amide bonds. The van der Waals surface area contributed by atoms with E-state index in [4.69, 9.17) is 14.2 Å². The van der Waals surface area contributed by atoms with Crippen LogP contribution in [0.3, 0.4) is 0 Å². The van der Waals surface area contributed by atoms with Gasteiger partial charge in [0.15, 0.2) is 11.5 Å². The standard InChI is InChI=1S/C29H37NO5/c1-16-7-5-8-20(13-16)24(31)21-9-6-11-29-12-10-19(15-30(21)29)14-22-23(29)17(2)26(34-22)27-25(33-4)18(3)28(32)35-27/h5,8,10,12,14,16-17,19-21,23-24,31H,6-7,9,11,13,15H2,1-4H3. The molecule has 8 unspecified atom stereocenters. The zero-order valence-electron chi connectivity index (χ0n) is 21.2. The van der Waals surface area contributed by atoms with E-state index >= 15 is 0 Å². The molecule has 6 heteroatoms. The van der Waals surface area contributed by atoms with Crippen LogP contribution in [0.25, 0.3) is 0 Å². The van der Waals surface area contributed by atoms with Crippen molar-refractivity contribution in [1.82, 2.24) is 4.90 Å². The highest BCUT2D eigenvalue weighted by Gasteiger charge is 2.59. The number of carbonyl (C=O) groups excluding carboxylic acids is 1. The Morgan fingerprint density at radius 1 is 1.26 bits per heavy atom. The molecule has 1 N–H and O–H groups in total. The van der Waals surface area contributed by atoms with Crippen LogP contribution >= 0.6 is 0 Å². The summed E-state index contributed by atoms with van der Waals surface area (Å²) in [6.07, 6.45) is 16.4. The van der Waals surface area contributed by atoms with E-state index in [1.54, 1.807) is 14.0 Å². The van der Waals surface area contributed by atoms with Crippen molar-refractivity contribution >= 4 is 5.97 Å². The first-order chi connectivity index (χ1) is 16.8. The molecule has 0 aromatic rings. The number of hydrogen-bond acceptors (Lipinski definition) is 6. The number of carbonyl (C=O) groups is 1. The molecule has 7 aliphatic rings.